The Bertz CT molecular complexity index is 869. The average Bonchev–Trinajstić information content (AvgIpc) is 3.06. The van der Waals surface area contributed by atoms with Crippen molar-refractivity contribution >= 4 is 22.8 Å². The van der Waals surface area contributed by atoms with Crippen molar-refractivity contribution in [1.29, 1.82) is 0 Å². The number of pyridine rings is 1. The number of nitrogens with two attached hydrogens (primary N) is 1. The Labute approximate surface area is 138 Å². The Morgan fingerprint density at radius 1 is 1.17 bits per heavy atom. The molecule has 1 aliphatic heterocycles. The molecular formula is C16H17N7O. The van der Waals surface area contributed by atoms with Gasteiger partial charge in [-0.3, -0.25) is 4.79 Å². The van der Waals surface area contributed by atoms with E-state index in [4.69, 9.17) is 5.73 Å². The highest BCUT2D eigenvalue weighted by atomic mass is 16.1. The van der Waals surface area contributed by atoms with Gasteiger partial charge in [-0.05, 0) is 25.0 Å². The number of carbonyl (C=O) groups is 1. The van der Waals surface area contributed by atoms with E-state index in [1.807, 2.05) is 18.2 Å². The summed E-state index contributed by atoms with van der Waals surface area (Å²) in [5.41, 5.74) is 6.12. The lowest BCUT2D eigenvalue weighted by Gasteiger charge is -2.31. The molecule has 3 aromatic heterocycles. The smallest absolute Gasteiger partial charge is 0.220 e. The van der Waals surface area contributed by atoms with Crippen molar-refractivity contribution in [2.75, 3.05) is 18.0 Å². The summed E-state index contributed by atoms with van der Waals surface area (Å²) in [5, 5.41) is 5.29. The molecule has 8 nitrogen and oxygen atoms in total. The minimum absolute atomic E-state index is 0.0465. The van der Waals surface area contributed by atoms with Crippen molar-refractivity contribution in [1.82, 2.24) is 24.7 Å². The van der Waals surface area contributed by atoms with E-state index in [1.54, 1.807) is 23.4 Å². The maximum absolute atomic E-state index is 11.3. The van der Waals surface area contributed by atoms with Gasteiger partial charge < -0.3 is 10.6 Å². The molecule has 4 rings (SSSR count). The molecule has 2 N–H and O–H groups in total. The summed E-state index contributed by atoms with van der Waals surface area (Å²) in [4.78, 5) is 26.6. The van der Waals surface area contributed by atoms with Crippen LogP contribution in [0.5, 0.6) is 0 Å². The van der Waals surface area contributed by atoms with E-state index in [9.17, 15) is 4.79 Å². The third kappa shape index (κ3) is 2.45. The topological polar surface area (TPSA) is 103 Å². The van der Waals surface area contributed by atoms with Crippen molar-refractivity contribution in [3.63, 3.8) is 0 Å². The molecule has 8 heteroatoms. The SMILES string of the molecule is NC(=O)C1CCN(c2ncnc3c2cnn3-c2ccccn2)CC1. The van der Waals surface area contributed by atoms with Crippen LogP contribution >= 0.6 is 0 Å². The summed E-state index contributed by atoms with van der Waals surface area (Å²) in [6.45, 7) is 1.49. The lowest BCUT2D eigenvalue weighted by atomic mass is 9.96. The first kappa shape index (κ1) is 14.6. The van der Waals surface area contributed by atoms with Crippen molar-refractivity contribution in [3.8, 4) is 5.82 Å². The van der Waals surface area contributed by atoms with E-state index in [2.05, 4.69) is 25.0 Å². The number of aromatic nitrogens is 5. The second-order valence-corrected chi connectivity index (χ2v) is 5.84. The van der Waals surface area contributed by atoms with Gasteiger partial charge in [0, 0.05) is 25.2 Å². The molecule has 1 fully saturated rings. The Kier molecular flexibility index (Phi) is 3.56. The van der Waals surface area contributed by atoms with Crippen LogP contribution in [0.3, 0.4) is 0 Å². The fraction of sp³-hybridized carbons (Fsp3) is 0.312. The van der Waals surface area contributed by atoms with Gasteiger partial charge in [-0.2, -0.15) is 9.78 Å². The van der Waals surface area contributed by atoms with Gasteiger partial charge in [0.15, 0.2) is 11.5 Å². The van der Waals surface area contributed by atoms with Gasteiger partial charge in [0.25, 0.3) is 0 Å². The maximum Gasteiger partial charge on any atom is 0.220 e. The van der Waals surface area contributed by atoms with Crippen LogP contribution in [0.1, 0.15) is 12.8 Å². The standard InChI is InChI=1S/C16H17N7O/c17-14(24)11-4-7-22(8-5-11)15-12-9-21-23(16(12)20-10-19-15)13-3-1-2-6-18-13/h1-3,6,9-11H,4-5,7-8H2,(H2,17,24). The normalized spacial score (nSPS) is 15.8. The number of fused-ring (bicyclic) bond motifs is 1. The highest BCUT2D eigenvalue weighted by Crippen LogP contribution is 2.27. The fourth-order valence-electron chi connectivity index (χ4n) is 3.11. The van der Waals surface area contributed by atoms with Crippen LogP contribution in [0.2, 0.25) is 0 Å². The lowest BCUT2D eigenvalue weighted by molar-refractivity contribution is -0.122. The van der Waals surface area contributed by atoms with E-state index in [0.717, 1.165) is 42.8 Å². The third-order valence-corrected chi connectivity index (χ3v) is 4.41. The quantitative estimate of drug-likeness (QED) is 0.768. The number of hydrogen-bond acceptors (Lipinski definition) is 6. The van der Waals surface area contributed by atoms with Crippen molar-refractivity contribution in [2.24, 2.45) is 11.7 Å². The number of primary amides is 1. The molecule has 0 atom stereocenters. The first-order chi connectivity index (χ1) is 11.7. The lowest BCUT2D eigenvalue weighted by Crippen LogP contribution is -2.39. The van der Waals surface area contributed by atoms with Crippen LogP contribution in [0.25, 0.3) is 16.9 Å². The molecule has 24 heavy (non-hydrogen) atoms. The number of amides is 1. The molecule has 3 aromatic rings. The molecule has 1 aliphatic rings. The predicted molar refractivity (Wildman–Crippen MR) is 88.6 cm³/mol. The minimum atomic E-state index is -0.217. The Morgan fingerprint density at radius 3 is 2.71 bits per heavy atom. The summed E-state index contributed by atoms with van der Waals surface area (Å²) in [5.74, 6) is 1.29. The van der Waals surface area contributed by atoms with Gasteiger partial charge in [-0.1, -0.05) is 6.07 Å². The van der Waals surface area contributed by atoms with Crippen molar-refractivity contribution in [2.45, 2.75) is 12.8 Å². The minimum Gasteiger partial charge on any atom is -0.369 e. The van der Waals surface area contributed by atoms with Crippen LogP contribution in [-0.2, 0) is 4.79 Å². The molecule has 0 spiro atoms. The number of piperidine rings is 1. The van der Waals surface area contributed by atoms with Crippen molar-refractivity contribution in [3.05, 3.63) is 36.9 Å². The van der Waals surface area contributed by atoms with Crippen LogP contribution < -0.4 is 10.6 Å². The molecule has 0 saturated carbocycles. The highest BCUT2D eigenvalue weighted by molar-refractivity contribution is 5.87. The predicted octanol–water partition coefficient (Wildman–Crippen LogP) is 0.912. The first-order valence-electron chi connectivity index (χ1n) is 7.88. The third-order valence-electron chi connectivity index (χ3n) is 4.41. The summed E-state index contributed by atoms with van der Waals surface area (Å²) < 4.78 is 1.71. The number of nitrogens with zero attached hydrogens (tertiary/aromatic N) is 6. The molecule has 4 heterocycles. The second kappa shape index (κ2) is 5.88. The van der Waals surface area contributed by atoms with Gasteiger partial charge in [-0.15, -0.1) is 0 Å². The van der Waals surface area contributed by atoms with Crippen LogP contribution in [-0.4, -0.2) is 43.7 Å². The number of rotatable bonds is 3. The number of carbonyl (C=O) groups excluding carboxylic acids is 1. The molecule has 0 aliphatic carbocycles. The largest absolute Gasteiger partial charge is 0.369 e. The zero-order valence-electron chi connectivity index (χ0n) is 13.0. The Hall–Kier alpha value is -3.03. The fourth-order valence-corrected chi connectivity index (χ4v) is 3.11. The van der Waals surface area contributed by atoms with Gasteiger partial charge in [-0.25, -0.2) is 15.0 Å². The van der Waals surface area contributed by atoms with E-state index < -0.39 is 0 Å². The zero-order valence-corrected chi connectivity index (χ0v) is 13.0. The number of hydrogen-bond donors (Lipinski definition) is 1. The second-order valence-electron chi connectivity index (χ2n) is 5.84. The molecule has 1 amide bonds. The van der Waals surface area contributed by atoms with Crippen LogP contribution in [0.15, 0.2) is 36.9 Å². The Balaban J connectivity index is 1.68. The van der Waals surface area contributed by atoms with Crippen LogP contribution in [0.4, 0.5) is 5.82 Å². The molecule has 0 aromatic carbocycles. The average molecular weight is 323 g/mol. The molecule has 0 bridgehead atoms. The number of anilines is 1. The molecular weight excluding hydrogens is 306 g/mol. The first-order valence-corrected chi connectivity index (χ1v) is 7.88. The van der Waals surface area contributed by atoms with E-state index in [1.165, 1.54) is 0 Å². The molecule has 122 valence electrons. The maximum atomic E-state index is 11.3. The highest BCUT2D eigenvalue weighted by Gasteiger charge is 2.25. The summed E-state index contributed by atoms with van der Waals surface area (Å²) in [7, 11) is 0. The molecule has 1 saturated heterocycles. The van der Waals surface area contributed by atoms with Gasteiger partial charge in [0.1, 0.15) is 12.1 Å². The van der Waals surface area contributed by atoms with Crippen molar-refractivity contribution < 1.29 is 4.79 Å². The van der Waals surface area contributed by atoms with E-state index in [0.29, 0.717) is 5.82 Å². The van der Waals surface area contributed by atoms with E-state index >= 15 is 0 Å². The Morgan fingerprint density at radius 2 is 2.00 bits per heavy atom. The molecule has 0 radical (unpaired) electrons. The zero-order chi connectivity index (χ0) is 16.5. The summed E-state index contributed by atoms with van der Waals surface area (Å²) in [6.07, 6.45) is 6.52. The monoisotopic (exact) mass is 323 g/mol. The van der Waals surface area contributed by atoms with Gasteiger partial charge in [0.05, 0.1) is 11.6 Å². The summed E-state index contributed by atoms with van der Waals surface area (Å²) in [6, 6.07) is 5.65. The van der Waals surface area contributed by atoms with Gasteiger partial charge >= 0.3 is 0 Å². The van der Waals surface area contributed by atoms with Crippen LogP contribution in [0, 0.1) is 5.92 Å². The van der Waals surface area contributed by atoms with E-state index in [-0.39, 0.29) is 11.8 Å². The molecule has 0 unspecified atom stereocenters. The summed E-state index contributed by atoms with van der Waals surface area (Å²) >= 11 is 0. The van der Waals surface area contributed by atoms with Gasteiger partial charge in [0.2, 0.25) is 5.91 Å².